The van der Waals surface area contributed by atoms with E-state index >= 15 is 0 Å². The van der Waals surface area contributed by atoms with Crippen LogP contribution in [0.15, 0.2) is 17.0 Å². The number of rotatable bonds is 7. The molecule has 1 aromatic rings. The Labute approximate surface area is 126 Å². The molecule has 0 heterocycles. The summed E-state index contributed by atoms with van der Waals surface area (Å²) in [6.45, 7) is 4.84. The van der Waals surface area contributed by atoms with Crippen molar-refractivity contribution in [2.75, 3.05) is 30.4 Å². The van der Waals surface area contributed by atoms with Crippen molar-refractivity contribution in [3.05, 3.63) is 23.3 Å². The van der Waals surface area contributed by atoms with Gasteiger partial charge in [0, 0.05) is 25.0 Å². The van der Waals surface area contributed by atoms with E-state index in [2.05, 4.69) is 10.0 Å². The number of hydrogen-bond donors (Lipinski definition) is 2. The van der Waals surface area contributed by atoms with Crippen molar-refractivity contribution < 1.29 is 16.8 Å². The SMILES string of the molecule is CCS(=O)(=O)CCNS(=O)(=O)c1c(C)cc(NC)cc1C. The molecule has 1 rings (SSSR count). The van der Waals surface area contributed by atoms with Gasteiger partial charge in [-0.3, -0.25) is 0 Å². The van der Waals surface area contributed by atoms with Crippen molar-refractivity contribution >= 4 is 25.5 Å². The molecule has 120 valence electrons. The highest BCUT2D eigenvalue weighted by Gasteiger charge is 2.20. The van der Waals surface area contributed by atoms with Gasteiger partial charge in [0.2, 0.25) is 10.0 Å². The molecule has 21 heavy (non-hydrogen) atoms. The van der Waals surface area contributed by atoms with E-state index in [1.165, 1.54) is 6.92 Å². The second-order valence-corrected chi connectivity index (χ2v) is 9.00. The van der Waals surface area contributed by atoms with Crippen molar-refractivity contribution in [2.24, 2.45) is 0 Å². The van der Waals surface area contributed by atoms with Gasteiger partial charge < -0.3 is 5.32 Å². The lowest BCUT2D eigenvalue weighted by Crippen LogP contribution is -2.30. The number of nitrogens with one attached hydrogen (secondary N) is 2. The van der Waals surface area contributed by atoms with E-state index in [0.717, 1.165) is 5.69 Å². The lowest BCUT2D eigenvalue weighted by molar-refractivity contribution is 0.580. The molecule has 0 atom stereocenters. The number of benzene rings is 1. The third-order valence-electron chi connectivity index (χ3n) is 3.16. The van der Waals surface area contributed by atoms with Crippen LogP contribution in [-0.2, 0) is 19.9 Å². The fourth-order valence-corrected chi connectivity index (χ4v) is 4.38. The van der Waals surface area contributed by atoms with Crippen LogP contribution < -0.4 is 10.0 Å². The number of sulfonamides is 1. The zero-order valence-corrected chi connectivity index (χ0v) is 14.4. The summed E-state index contributed by atoms with van der Waals surface area (Å²) < 4.78 is 49.8. The first-order valence-corrected chi connectivity index (χ1v) is 9.92. The molecule has 0 aliphatic rings. The van der Waals surface area contributed by atoms with Crippen LogP contribution >= 0.6 is 0 Å². The Bertz CT molecular complexity index is 687. The number of aryl methyl sites for hydroxylation is 2. The summed E-state index contributed by atoms with van der Waals surface area (Å²) in [5.74, 6) is -0.195. The minimum atomic E-state index is -3.72. The first kappa shape index (κ1) is 17.9. The maximum Gasteiger partial charge on any atom is 0.241 e. The summed E-state index contributed by atoms with van der Waals surface area (Å²) in [6.07, 6.45) is 0. The van der Waals surface area contributed by atoms with Crippen molar-refractivity contribution in [1.82, 2.24) is 4.72 Å². The molecule has 2 N–H and O–H groups in total. The Morgan fingerprint density at radius 2 is 1.57 bits per heavy atom. The van der Waals surface area contributed by atoms with E-state index in [0.29, 0.717) is 11.1 Å². The molecule has 0 fully saturated rings. The monoisotopic (exact) mass is 334 g/mol. The van der Waals surface area contributed by atoms with Crippen molar-refractivity contribution in [2.45, 2.75) is 25.7 Å². The van der Waals surface area contributed by atoms with Gasteiger partial charge in [-0.2, -0.15) is 0 Å². The molecule has 1 aromatic carbocycles. The molecule has 0 aliphatic carbocycles. The Morgan fingerprint density at radius 1 is 1.05 bits per heavy atom. The van der Waals surface area contributed by atoms with Crippen LogP contribution in [0.4, 0.5) is 5.69 Å². The maximum atomic E-state index is 12.3. The highest BCUT2D eigenvalue weighted by Crippen LogP contribution is 2.24. The quantitative estimate of drug-likeness (QED) is 0.778. The van der Waals surface area contributed by atoms with Gasteiger partial charge in [-0.15, -0.1) is 0 Å². The average molecular weight is 334 g/mol. The zero-order chi connectivity index (χ0) is 16.3. The predicted octanol–water partition coefficient (Wildman–Crippen LogP) is 1.06. The molecular weight excluding hydrogens is 312 g/mol. The molecule has 0 saturated heterocycles. The smallest absolute Gasteiger partial charge is 0.241 e. The van der Waals surface area contributed by atoms with Gasteiger partial charge in [0.25, 0.3) is 0 Å². The summed E-state index contributed by atoms with van der Waals surface area (Å²) in [7, 11) is -5.15. The van der Waals surface area contributed by atoms with E-state index in [9.17, 15) is 16.8 Å². The number of anilines is 1. The van der Waals surface area contributed by atoms with Gasteiger partial charge >= 0.3 is 0 Å². The second-order valence-electron chi connectivity index (χ2n) is 4.82. The molecule has 0 unspecified atom stereocenters. The first-order valence-electron chi connectivity index (χ1n) is 6.62. The van der Waals surface area contributed by atoms with Crippen LogP contribution in [-0.4, -0.2) is 41.9 Å². The third kappa shape index (κ3) is 4.69. The van der Waals surface area contributed by atoms with Gasteiger partial charge in [0.15, 0.2) is 9.84 Å². The van der Waals surface area contributed by atoms with Gasteiger partial charge in [-0.05, 0) is 37.1 Å². The second kappa shape index (κ2) is 6.76. The van der Waals surface area contributed by atoms with E-state index in [-0.39, 0.29) is 22.9 Å². The van der Waals surface area contributed by atoms with Gasteiger partial charge in [0.1, 0.15) is 0 Å². The molecule has 0 aliphatic heterocycles. The van der Waals surface area contributed by atoms with Crippen LogP contribution in [0.25, 0.3) is 0 Å². The lowest BCUT2D eigenvalue weighted by atomic mass is 10.1. The zero-order valence-electron chi connectivity index (χ0n) is 12.7. The van der Waals surface area contributed by atoms with Gasteiger partial charge in [-0.1, -0.05) is 6.92 Å². The van der Waals surface area contributed by atoms with Gasteiger partial charge in [-0.25, -0.2) is 21.6 Å². The summed E-state index contributed by atoms with van der Waals surface area (Å²) in [4.78, 5) is 0.204. The van der Waals surface area contributed by atoms with Crippen molar-refractivity contribution in [3.63, 3.8) is 0 Å². The van der Waals surface area contributed by atoms with E-state index < -0.39 is 19.9 Å². The largest absolute Gasteiger partial charge is 0.388 e. The normalized spacial score (nSPS) is 12.4. The first-order chi connectivity index (χ1) is 9.63. The summed E-state index contributed by atoms with van der Waals surface area (Å²) in [5, 5.41) is 2.96. The molecule has 8 heteroatoms. The maximum absolute atomic E-state index is 12.3. The van der Waals surface area contributed by atoms with E-state index in [1.54, 1.807) is 33.0 Å². The highest BCUT2D eigenvalue weighted by atomic mass is 32.2. The highest BCUT2D eigenvalue weighted by molar-refractivity contribution is 7.91. The summed E-state index contributed by atoms with van der Waals surface area (Å²) in [6, 6.07) is 3.48. The number of hydrogen-bond acceptors (Lipinski definition) is 5. The molecule has 0 aromatic heterocycles. The van der Waals surface area contributed by atoms with Crippen LogP contribution in [0.2, 0.25) is 0 Å². The predicted molar refractivity (Wildman–Crippen MR) is 85.0 cm³/mol. The fourth-order valence-electron chi connectivity index (χ4n) is 2.07. The van der Waals surface area contributed by atoms with E-state index in [1.807, 2.05) is 0 Å². The molecule has 0 amide bonds. The van der Waals surface area contributed by atoms with Crippen molar-refractivity contribution in [1.29, 1.82) is 0 Å². The summed E-state index contributed by atoms with van der Waals surface area (Å²) in [5.41, 5.74) is 2.06. The molecule has 0 saturated carbocycles. The Hall–Kier alpha value is -1.12. The van der Waals surface area contributed by atoms with Crippen LogP contribution in [0.1, 0.15) is 18.1 Å². The average Bonchev–Trinajstić information content (AvgIpc) is 2.36. The van der Waals surface area contributed by atoms with E-state index in [4.69, 9.17) is 0 Å². The van der Waals surface area contributed by atoms with Crippen LogP contribution in [0, 0.1) is 13.8 Å². The molecule has 6 nitrogen and oxygen atoms in total. The fraction of sp³-hybridized carbons (Fsp3) is 0.538. The Balaban J connectivity index is 2.99. The molecular formula is C13H22N2O4S2. The van der Waals surface area contributed by atoms with Crippen LogP contribution in [0.3, 0.4) is 0 Å². The molecule has 0 bridgehead atoms. The molecule has 0 spiro atoms. The molecule has 0 radical (unpaired) electrons. The number of sulfone groups is 1. The summed E-state index contributed by atoms with van der Waals surface area (Å²) >= 11 is 0. The third-order valence-corrected chi connectivity index (χ3v) is 6.63. The van der Waals surface area contributed by atoms with Crippen molar-refractivity contribution in [3.8, 4) is 0 Å². The minimum Gasteiger partial charge on any atom is -0.388 e. The topological polar surface area (TPSA) is 92.3 Å². The Kier molecular flexibility index (Phi) is 5.77. The van der Waals surface area contributed by atoms with Gasteiger partial charge in [0.05, 0.1) is 10.6 Å². The Morgan fingerprint density at radius 3 is 2.00 bits per heavy atom. The lowest BCUT2D eigenvalue weighted by Gasteiger charge is -2.14. The standard InChI is InChI=1S/C13H22N2O4S2/c1-5-20(16,17)7-6-15-21(18,19)13-10(2)8-12(14-4)9-11(13)3/h8-9,14-15H,5-7H2,1-4H3. The minimum absolute atomic E-state index is 0.00362. The van der Waals surface area contributed by atoms with Crippen LogP contribution in [0.5, 0.6) is 0 Å².